The second-order valence-electron chi connectivity index (χ2n) is 3.65. The zero-order valence-corrected chi connectivity index (χ0v) is 10.8. The highest BCUT2D eigenvalue weighted by Crippen LogP contribution is 2.10. The summed E-state index contributed by atoms with van der Waals surface area (Å²) >= 11 is 0. The van der Waals surface area contributed by atoms with Gasteiger partial charge in [-0.1, -0.05) is 12.1 Å². The summed E-state index contributed by atoms with van der Waals surface area (Å²) in [6, 6.07) is 6.02. The van der Waals surface area contributed by atoms with Crippen molar-refractivity contribution in [3.05, 3.63) is 29.8 Å². The van der Waals surface area contributed by atoms with E-state index in [1.165, 1.54) is 12.1 Å². The Balaban J connectivity index is 2.68. The Morgan fingerprint density at radius 2 is 1.88 bits per heavy atom. The predicted octanol–water partition coefficient (Wildman–Crippen LogP) is -0.186. The average molecular weight is 279 g/mol. The number of nitrogens with one attached hydrogen (secondary N) is 1. The molecule has 6 nitrogen and oxygen atoms in total. The molecule has 0 aliphatic carbocycles. The lowest BCUT2D eigenvalue weighted by atomic mass is 10.2. The molecule has 0 aromatic heterocycles. The van der Waals surface area contributed by atoms with Crippen molar-refractivity contribution in [2.45, 2.75) is 6.54 Å². The first-order chi connectivity index (χ1) is 7.68. The topological polar surface area (TPSA) is 101 Å². The highest BCUT2D eigenvalue weighted by Gasteiger charge is 2.17. The molecule has 0 saturated carbocycles. The summed E-state index contributed by atoms with van der Waals surface area (Å²) in [6.07, 6.45) is 0.848. The number of hydrogen-bond donors (Lipinski definition) is 2. The van der Waals surface area contributed by atoms with E-state index in [1.54, 1.807) is 12.1 Å². The second kappa shape index (κ2) is 5.03. The van der Waals surface area contributed by atoms with Gasteiger partial charge in [0.05, 0.1) is 0 Å². The van der Waals surface area contributed by atoms with Gasteiger partial charge in [-0.3, -0.25) is 0 Å². The Labute approximate surface area is 100 Å². The van der Waals surface area contributed by atoms with Crippen LogP contribution in [-0.2, 0) is 26.4 Å². The van der Waals surface area contributed by atoms with Crippen LogP contribution < -0.4 is 4.72 Å². The highest BCUT2D eigenvalue weighted by molar-refractivity contribution is 8.06. The fourth-order valence-corrected chi connectivity index (χ4v) is 4.16. The molecule has 0 fully saturated rings. The Morgan fingerprint density at radius 3 is 2.41 bits per heavy atom. The molecule has 0 aliphatic heterocycles. The van der Waals surface area contributed by atoms with Gasteiger partial charge in [-0.25, -0.2) is 21.6 Å². The average Bonchev–Trinajstić information content (AvgIpc) is 2.11. The van der Waals surface area contributed by atoms with Crippen molar-refractivity contribution >= 4 is 19.9 Å². The van der Waals surface area contributed by atoms with Crippen LogP contribution in [0.2, 0.25) is 0 Å². The first-order valence-corrected chi connectivity index (χ1v) is 8.32. The fraction of sp³-hybridized carbons (Fsp3) is 0.333. The maximum atomic E-state index is 11.4. The lowest BCUT2D eigenvalue weighted by Gasteiger charge is -2.05. The van der Waals surface area contributed by atoms with Crippen molar-refractivity contribution in [1.82, 2.24) is 4.72 Å². The zero-order valence-electron chi connectivity index (χ0n) is 9.12. The molecule has 1 aromatic rings. The summed E-state index contributed by atoms with van der Waals surface area (Å²) in [7, 11) is -7.46. The third kappa shape index (κ3) is 5.66. The number of phenols is 1. The minimum absolute atomic E-state index is 0.0183. The maximum Gasteiger partial charge on any atom is 0.226 e. The van der Waals surface area contributed by atoms with Crippen molar-refractivity contribution < 1.29 is 21.9 Å². The van der Waals surface area contributed by atoms with Gasteiger partial charge in [-0.05, 0) is 17.7 Å². The summed E-state index contributed by atoms with van der Waals surface area (Å²) in [5, 5.41) is 8.21. The normalized spacial score (nSPS) is 12.5. The summed E-state index contributed by atoms with van der Waals surface area (Å²) in [5.41, 5.74) is 0.544. The van der Waals surface area contributed by atoms with Crippen LogP contribution in [-0.4, -0.2) is 33.3 Å². The molecule has 0 aliphatic rings. The van der Waals surface area contributed by atoms with Crippen LogP contribution in [0.5, 0.6) is 5.75 Å². The smallest absolute Gasteiger partial charge is 0.226 e. The van der Waals surface area contributed by atoms with Crippen LogP contribution in [0.1, 0.15) is 5.56 Å². The quantitative estimate of drug-likeness (QED) is 0.778. The van der Waals surface area contributed by atoms with E-state index in [0.717, 1.165) is 6.26 Å². The zero-order chi connectivity index (χ0) is 13.1. The molecule has 2 N–H and O–H groups in total. The first-order valence-electron chi connectivity index (χ1n) is 4.61. The Bertz CT molecular complexity index is 592. The third-order valence-corrected chi connectivity index (χ3v) is 5.31. The molecule has 0 atom stereocenters. The highest BCUT2D eigenvalue weighted by atomic mass is 32.3. The molecule has 0 bridgehead atoms. The van der Waals surface area contributed by atoms with Crippen LogP contribution >= 0.6 is 0 Å². The molecule has 0 amide bonds. The van der Waals surface area contributed by atoms with Crippen molar-refractivity contribution in [2.75, 3.05) is 11.3 Å². The Morgan fingerprint density at radius 1 is 1.24 bits per heavy atom. The minimum Gasteiger partial charge on any atom is -0.508 e. The van der Waals surface area contributed by atoms with Crippen LogP contribution in [0.15, 0.2) is 24.3 Å². The third-order valence-electron chi connectivity index (χ3n) is 1.78. The van der Waals surface area contributed by atoms with E-state index >= 15 is 0 Å². The predicted molar refractivity (Wildman–Crippen MR) is 63.6 cm³/mol. The molecule has 0 spiro atoms. The van der Waals surface area contributed by atoms with E-state index in [-0.39, 0.29) is 12.3 Å². The summed E-state index contributed by atoms with van der Waals surface area (Å²) in [4.78, 5) is 0. The molecule has 1 aromatic carbocycles. The summed E-state index contributed by atoms with van der Waals surface area (Å²) in [6.45, 7) is -0.0632. The minimum atomic E-state index is -3.87. The van der Waals surface area contributed by atoms with Gasteiger partial charge in [-0.2, -0.15) is 0 Å². The van der Waals surface area contributed by atoms with Crippen molar-refractivity contribution in [3.63, 3.8) is 0 Å². The number of sulfone groups is 1. The molecular formula is C9H13NO5S2. The van der Waals surface area contributed by atoms with E-state index in [9.17, 15) is 16.8 Å². The number of phenolic OH excluding ortho intramolecular Hbond substituents is 1. The molecule has 0 heterocycles. The number of hydrogen-bond acceptors (Lipinski definition) is 5. The van der Waals surface area contributed by atoms with Crippen LogP contribution in [0.4, 0.5) is 0 Å². The molecule has 0 saturated heterocycles. The first kappa shape index (κ1) is 13.9. The lowest BCUT2D eigenvalue weighted by molar-refractivity contribution is 0.474. The maximum absolute atomic E-state index is 11.4. The number of rotatable bonds is 5. The SMILES string of the molecule is CS(=O)(=O)CS(=O)(=O)NCc1cccc(O)c1. The Hall–Kier alpha value is -1.12. The molecule has 17 heavy (non-hydrogen) atoms. The lowest BCUT2D eigenvalue weighted by Crippen LogP contribution is -2.29. The Kier molecular flexibility index (Phi) is 4.12. The van der Waals surface area contributed by atoms with E-state index in [1.807, 2.05) is 0 Å². The van der Waals surface area contributed by atoms with Gasteiger partial charge in [0.2, 0.25) is 10.0 Å². The number of benzene rings is 1. The monoisotopic (exact) mass is 279 g/mol. The van der Waals surface area contributed by atoms with E-state index < -0.39 is 24.9 Å². The van der Waals surface area contributed by atoms with Crippen LogP contribution in [0, 0.1) is 0 Å². The molecule has 0 radical (unpaired) electrons. The fourth-order valence-electron chi connectivity index (χ4n) is 1.18. The largest absolute Gasteiger partial charge is 0.508 e. The molecule has 0 unspecified atom stereocenters. The summed E-state index contributed by atoms with van der Waals surface area (Å²) < 4.78 is 46.6. The van der Waals surface area contributed by atoms with Crippen molar-refractivity contribution in [1.29, 1.82) is 0 Å². The van der Waals surface area contributed by atoms with Gasteiger partial charge >= 0.3 is 0 Å². The van der Waals surface area contributed by atoms with Gasteiger partial charge in [0.25, 0.3) is 0 Å². The van der Waals surface area contributed by atoms with Gasteiger partial charge in [0.15, 0.2) is 14.9 Å². The van der Waals surface area contributed by atoms with Gasteiger partial charge in [0.1, 0.15) is 5.75 Å². The van der Waals surface area contributed by atoms with E-state index in [2.05, 4.69) is 4.72 Å². The van der Waals surface area contributed by atoms with Gasteiger partial charge < -0.3 is 5.11 Å². The molecule has 96 valence electrons. The summed E-state index contributed by atoms with van der Waals surface area (Å²) in [5.74, 6) is 0.0183. The van der Waals surface area contributed by atoms with E-state index in [4.69, 9.17) is 5.11 Å². The van der Waals surface area contributed by atoms with Gasteiger partial charge in [-0.15, -0.1) is 0 Å². The van der Waals surface area contributed by atoms with Crippen LogP contribution in [0.25, 0.3) is 0 Å². The van der Waals surface area contributed by atoms with Crippen LogP contribution in [0.3, 0.4) is 0 Å². The molecule has 8 heteroatoms. The molecular weight excluding hydrogens is 266 g/mol. The van der Waals surface area contributed by atoms with E-state index in [0.29, 0.717) is 5.56 Å². The second-order valence-corrected chi connectivity index (χ2v) is 7.96. The van der Waals surface area contributed by atoms with Crippen molar-refractivity contribution in [3.8, 4) is 5.75 Å². The standard InChI is InChI=1S/C9H13NO5S2/c1-16(12,13)7-17(14,15)10-6-8-3-2-4-9(11)5-8/h2-5,10-11H,6-7H2,1H3. The van der Waals surface area contributed by atoms with Gasteiger partial charge in [0, 0.05) is 12.8 Å². The number of sulfonamides is 1. The van der Waals surface area contributed by atoms with Crippen molar-refractivity contribution in [2.24, 2.45) is 0 Å². The number of aromatic hydroxyl groups is 1. The molecule has 1 rings (SSSR count).